The summed E-state index contributed by atoms with van der Waals surface area (Å²) in [6.07, 6.45) is 3.93. The van der Waals surface area contributed by atoms with Crippen LogP contribution in [-0.4, -0.2) is 48.0 Å². The van der Waals surface area contributed by atoms with Crippen molar-refractivity contribution in [2.24, 2.45) is 0 Å². The van der Waals surface area contributed by atoms with E-state index in [1.807, 2.05) is 79.7 Å². The fraction of sp³-hybridized carbons (Fsp3) is 0.303. The van der Waals surface area contributed by atoms with Gasteiger partial charge in [-0.2, -0.15) is 0 Å². The van der Waals surface area contributed by atoms with E-state index in [-0.39, 0.29) is 37.6 Å². The third kappa shape index (κ3) is 5.96. The number of hydrogen-bond donors (Lipinski definition) is 2. The number of fused-ring (bicyclic) bond motifs is 2. The van der Waals surface area contributed by atoms with Gasteiger partial charge in [0.1, 0.15) is 10.4 Å². The molecule has 2 atom stereocenters. The van der Waals surface area contributed by atoms with Gasteiger partial charge in [0.15, 0.2) is 11.5 Å². The summed E-state index contributed by atoms with van der Waals surface area (Å²) in [6.45, 7) is 6.59. The van der Waals surface area contributed by atoms with E-state index in [1.165, 1.54) is 0 Å². The molecule has 2 aliphatic heterocycles. The number of benzene rings is 2. The van der Waals surface area contributed by atoms with Crippen molar-refractivity contribution in [2.75, 3.05) is 13.4 Å². The first kappa shape index (κ1) is 29.1. The van der Waals surface area contributed by atoms with Crippen LogP contribution in [-0.2, 0) is 24.5 Å². The van der Waals surface area contributed by atoms with Gasteiger partial charge in [-0.1, -0.05) is 30.3 Å². The number of aliphatic hydroxyl groups is 1. The van der Waals surface area contributed by atoms with Gasteiger partial charge in [0.2, 0.25) is 6.79 Å². The Kier molecular flexibility index (Phi) is 8.11. The third-order valence-corrected chi connectivity index (χ3v) is 9.40. The monoisotopic (exact) mass is 598 g/mol. The van der Waals surface area contributed by atoms with Crippen LogP contribution in [0.3, 0.4) is 0 Å². The zero-order chi connectivity index (χ0) is 30.1. The number of amides is 1. The maximum Gasteiger partial charge on any atom is 0.270 e. The quantitative estimate of drug-likeness (QED) is 0.267. The molecule has 0 radical (unpaired) electrons. The van der Waals surface area contributed by atoms with Crippen molar-refractivity contribution in [3.8, 4) is 33.9 Å². The van der Waals surface area contributed by atoms with Gasteiger partial charge in [0.25, 0.3) is 5.91 Å². The third-order valence-electron chi connectivity index (χ3n) is 7.54. The van der Waals surface area contributed by atoms with Crippen molar-refractivity contribution < 1.29 is 23.9 Å². The molecule has 10 heteroatoms. The van der Waals surface area contributed by atoms with Crippen molar-refractivity contribution in [3.63, 3.8) is 0 Å². The van der Waals surface area contributed by atoms with Crippen molar-refractivity contribution in [1.29, 1.82) is 0 Å². The molecular formula is C33H34N4O5S. The Hall–Kier alpha value is -3.96. The van der Waals surface area contributed by atoms with E-state index in [0.29, 0.717) is 30.2 Å². The van der Waals surface area contributed by atoms with Gasteiger partial charge in [-0.3, -0.25) is 9.78 Å². The molecule has 2 aliphatic rings. The summed E-state index contributed by atoms with van der Waals surface area (Å²) < 4.78 is 26.0. The van der Waals surface area contributed by atoms with Crippen LogP contribution in [0.5, 0.6) is 11.5 Å². The highest BCUT2D eigenvalue weighted by molar-refractivity contribution is 7.90. The van der Waals surface area contributed by atoms with Crippen LogP contribution in [0.15, 0.2) is 73.1 Å². The van der Waals surface area contributed by atoms with E-state index in [1.54, 1.807) is 18.5 Å². The van der Waals surface area contributed by atoms with Crippen molar-refractivity contribution in [3.05, 3.63) is 95.4 Å². The Bertz CT molecular complexity index is 1640. The molecule has 1 amide bonds. The lowest BCUT2D eigenvalue weighted by Crippen LogP contribution is -2.42. The Morgan fingerprint density at radius 2 is 1.86 bits per heavy atom. The van der Waals surface area contributed by atoms with E-state index in [0.717, 1.165) is 33.4 Å². The van der Waals surface area contributed by atoms with E-state index in [4.69, 9.17) is 14.5 Å². The molecule has 9 nitrogen and oxygen atoms in total. The lowest BCUT2D eigenvalue weighted by molar-refractivity contribution is 0.0945. The highest BCUT2D eigenvalue weighted by Crippen LogP contribution is 2.45. The van der Waals surface area contributed by atoms with Crippen LogP contribution in [0.1, 0.15) is 60.4 Å². The van der Waals surface area contributed by atoms with E-state index in [2.05, 4.69) is 10.3 Å². The van der Waals surface area contributed by atoms with Crippen molar-refractivity contribution >= 4 is 17.3 Å². The minimum absolute atomic E-state index is 0.0745. The van der Waals surface area contributed by atoms with Crippen LogP contribution in [0.25, 0.3) is 22.4 Å². The number of ether oxygens (including phenoxy) is 2. The molecule has 2 aromatic heterocycles. The predicted octanol–water partition coefficient (Wildman–Crippen LogP) is 5.17. The second kappa shape index (κ2) is 12.0. The highest BCUT2D eigenvalue weighted by atomic mass is 32.2. The minimum Gasteiger partial charge on any atom is -0.597 e. The molecule has 0 saturated carbocycles. The summed E-state index contributed by atoms with van der Waals surface area (Å²) in [5, 5.41) is 13.0. The Morgan fingerprint density at radius 3 is 2.63 bits per heavy atom. The first-order valence-corrected chi connectivity index (χ1v) is 15.3. The molecule has 0 bridgehead atoms. The summed E-state index contributed by atoms with van der Waals surface area (Å²) in [4.78, 5) is 22.7. The molecule has 4 aromatic rings. The number of hydrogen-bond acceptors (Lipinski definition) is 8. The summed E-state index contributed by atoms with van der Waals surface area (Å²) in [5.74, 6) is 1.02. The van der Waals surface area contributed by atoms with Crippen molar-refractivity contribution in [1.82, 2.24) is 19.6 Å². The zero-order valence-electron chi connectivity index (χ0n) is 24.4. The van der Waals surface area contributed by atoms with Gasteiger partial charge in [0.05, 0.1) is 18.3 Å². The largest absolute Gasteiger partial charge is 0.597 e. The SMILES string of the molecule is CC(C)(C)[S@+]([O-])N1Cc2cc(C(=O)NCc3ccc4c(c3)OCO4)nc(-c3cccc(-c4cccnc4)c3)c2[C@@H]1CCO. The molecule has 2 N–H and O–H groups in total. The Labute approximate surface area is 254 Å². The summed E-state index contributed by atoms with van der Waals surface area (Å²) in [5.41, 5.74) is 6.30. The second-order valence-corrected chi connectivity index (χ2v) is 13.8. The number of carbonyl (C=O) groups is 1. The molecule has 2 aromatic carbocycles. The van der Waals surface area contributed by atoms with Crippen LogP contribution < -0.4 is 14.8 Å². The first-order chi connectivity index (χ1) is 20.7. The number of pyridine rings is 2. The normalized spacial score (nSPS) is 16.6. The highest BCUT2D eigenvalue weighted by Gasteiger charge is 2.45. The fourth-order valence-electron chi connectivity index (χ4n) is 5.51. The van der Waals surface area contributed by atoms with Crippen LogP contribution in [0.4, 0.5) is 0 Å². The molecule has 0 saturated heterocycles. The van der Waals surface area contributed by atoms with Gasteiger partial charge in [-0.05, 0) is 74.2 Å². The van der Waals surface area contributed by atoms with Crippen LogP contribution in [0, 0.1) is 0 Å². The summed E-state index contributed by atoms with van der Waals surface area (Å²) in [6, 6.07) is 18.9. The molecule has 43 heavy (non-hydrogen) atoms. The Morgan fingerprint density at radius 1 is 1.07 bits per heavy atom. The van der Waals surface area contributed by atoms with E-state index in [9.17, 15) is 14.5 Å². The predicted molar refractivity (Wildman–Crippen MR) is 165 cm³/mol. The maximum atomic E-state index is 13.7. The second-order valence-electron chi connectivity index (χ2n) is 11.6. The summed E-state index contributed by atoms with van der Waals surface area (Å²) >= 11 is -1.35. The molecule has 4 heterocycles. The molecule has 222 valence electrons. The zero-order valence-corrected chi connectivity index (χ0v) is 25.2. The van der Waals surface area contributed by atoms with Gasteiger partial charge in [-0.15, -0.1) is 4.31 Å². The standard InChI is InChI=1S/C33H34N4O5S/c1-33(2,3)43(40)37-19-25-16-26(32(39)35-17-21-9-10-28-29(14-21)42-20-41-28)36-31(30(25)27(37)11-13-38)23-7-4-6-22(15-23)24-8-5-12-34-18-24/h4-10,12,14-16,18,27,38H,11,13,17,19-20H2,1-3H3,(H,35,39)/t27-,43-/m0/s1. The molecular weight excluding hydrogens is 564 g/mol. The average molecular weight is 599 g/mol. The fourth-order valence-corrected chi connectivity index (χ4v) is 6.91. The van der Waals surface area contributed by atoms with Crippen molar-refractivity contribution in [2.45, 2.75) is 51.1 Å². The number of carbonyl (C=O) groups excluding carboxylic acids is 1. The average Bonchev–Trinajstić information content (AvgIpc) is 3.63. The van der Waals surface area contributed by atoms with Gasteiger partial charge >= 0.3 is 0 Å². The Balaban J connectivity index is 1.40. The first-order valence-electron chi connectivity index (χ1n) is 14.2. The number of rotatable bonds is 8. The molecule has 0 fully saturated rings. The number of aromatic nitrogens is 2. The number of nitrogens with one attached hydrogen (secondary N) is 1. The van der Waals surface area contributed by atoms with Gasteiger partial charge < -0.3 is 24.4 Å². The number of nitrogens with zero attached hydrogens (tertiary/aromatic N) is 3. The molecule has 0 unspecified atom stereocenters. The van der Waals surface area contributed by atoms with E-state index >= 15 is 0 Å². The van der Waals surface area contributed by atoms with E-state index < -0.39 is 16.1 Å². The van der Waals surface area contributed by atoms with Gasteiger partial charge in [0, 0.05) is 53.6 Å². The van der Waals surface area contributed by atoms with Crippen LogP contribution in [0.2, 0.25) is 0 Å². The lowest BCUT2D eigenvalue weighted by atomic mass is 9.94. The summed E-state index contributed by atoms with van der Waals surface area (Å²) in [7, 11) is 0. The minimum atomic E-state index is -1.35. The molecule has 0 aliphatic carbocycles. The smallest absolute Gasteiger partial charge is 0.270 e. The number of aliphatic hydroxyl groups excluding tert-OH is 1. The maximum absolute atomic E-state index is 13.7. The molecule has 0 spiro atoms. The topological polar surface area (TPSA) is 120 Å². The lowest BCUT2D eigenvalue weighted by Gasteiger charge is -2.33. The van der Waals surface area contributed by atoms with Gasteiger partial charge in [-0.25, -0.2) is 4.98 Å². The van der Waals surface area contributed by atoms with Crippen LogP contribution >= 0.6 is 0 Å². The molecule has 6 rings (SSSR count).